The van der Waals surface area contributed by atoms with Crippen LogP contribution in [-0.4, -0.2) is 29.6 Å². The Kier molecular flexibility index (Phi) is 4.28. The van der Waals surface area contributed by atoms with Crippen LogP contribution in [-0.2, 0) is 0 Å². The summed E-state index contributed by atoms with van der Waals surface area (Å²) in [5.74, 6) is 1.58. The van der Waals surface area contributed by atoms with Crippen molar-refractivity contribution in [2.75, 3.05) is 18.8 Å². The molecule has 1 aliphatic rings. The van der Waals surface area contributed by atoms with Crippen LogP contribution < -0.4 is 0 Å². The van der Waals surface area contributed by atoms with Crippen molar-refractivity contribution in [1.29, 1.82) is 5.41 Å². The van der Waals surface area contributed by atoms with Crippen LogP contribution in [0.1, 0.15) is 19.3 Å². The van der Waals surface area contributed by atoms with E-state index in [0.717, 1.165) is 24.7 Å². The molecule has 1 N–H and O–H groups in total. The van der Waals surface area contributed by atoms with Gasteiger partial charge in [-0.2, -0.15) is 0 Å². The molecule has 3 heteroatoms. The summed E-state index contributed by atoms with van der Waals surface area (Å²) in [5, 5.41) is 8.04. The molecule has 0 amide bonds. The van der Waals surface area contributed by atoms with E-state index in [4.69, 9.17) is 5.41 Å². The third kappa shape index (κ3) is 3.27. The lowest BCUT2D eigenvalue weighted by Crippen LogP contribution is -2.36. The lowest BCUT2D eigenvalue weighted by molar-refractivity contribution is 0.339. The number of benzene rings is 1. The molecule has 0 bridgehead atoms. The van der Waals surface area contributed by atoms with Crippen LogP contribution in [0.2, 0.25) is 0 Å². The first kappa shape index (κ1) is 11.5. The molecule has 1 aromatic carbocycles. The Morgan fingerprint density at radius 3 is 2.50 bits per heavy atom. The van der Waals surface area contributed by atoms with Gasteiger partial charge < -0.3 is 4.90 Å². The largest absolute Gasteiger partial charge is 0.360 e. The second kappa shape index (κ2) is 5.94. The highest BCUT2D eigenvalue weighted by molar-refractivity contribution is 8.00. The van der Waals surface area contributed by atoms with E-state index >= 15 is 0 Å². The maximum atomic E-state index is 8.04. The number of nitrogens with zero attached hydrogens (tertiary/aromatic N) is 1. The lowest BCUT2D eigenvalue weighted by atomic mass is 10.1. The summed E-state index contributed by atoms with van der Waals surface area (Å²) >= 11 is 1.76. The highest BCUT2D eigenvalue weighted by atomic mass is 32.2. The van der Waals surface area contributed by atoms with Crippen LogP contribution >= 0.6 is 11.8 Å². The minimum absolute atomic E-state index is 0.786. The molecule has 1 aromatic rings. The Morgan fingerprint density at radius 1 is 1.12 bits per heavy atom. The maximum absolute atomic E-state index is 8.04. The van der Waals surface area contributed by atoms with Crippen molar-refractivity contribution < 1.29 is 0 Å². The van der Waals surface area contributed by atoms with Gasteiger partial charge in [-0.05, 0) is 31.4 Å². The first-order chi connectivity index (χ1) is 7.86. The van der Waals surface area contributed by atoms with E-state index in [2.05, 4.69) is 17.0 Å². The van der Waals surface area contributed by atoms with Crippen LogP contribution in [0.15, 0.2) is 35.2 Å². The van der Waals surface area contributed by atoms with Crippen molar-refractivity contribution in [1.82, 2.24) is 4.90 Å². The molecular weight excluding hydrogens is 216 g/mol. The molecule has 2 nitrogen and oxygen atoms in total. The van der Waals surface area contributed by atoms with Crippen LogP contribution in [0.5, 0.6) is 0 Å². The number of rotatable bonds is 3. The minimum atomic E-state index is 0.786. The maximum Gasteiger partial charge on any atom is 0.106 e. The van der Waals surface area contributed by atoms with E-state index in [-0.39, 0.29) is 0 Å². The van der Waals surface area contributed by atoms with Gasteiger partial charge in [0.2, 0.25) is 0 Å². The van der Waals surface area contributed by atoms with Gasteiger partial charge in [0, 0.05) is 18.0 Å². The number of amidine groups is 1. The fraction of sp³-hybridized carbons (Fsp3) is 0.462. The van der Waals surface area contributed by atoms with Crippen molar-refractivity contribution in [3.05, 3.63) is 30.3 Å². The van der Waals surface area contributed by atoms with Crippen LogP contribution in [0, 0.1) is 5.41 Å². The highest BCUT2D eigenvalue weighted by Crippen LogP contribution is 2.18. The van der Waals surface area contributed by atoms with Gasteiger partial charge in [-0.1, -0.05) is 18.2 Å². The van der Waals surface area contributed by atoms with Gasteiger partial charge in [0.15, 0.2) is 0 Å². The monoisotopic (exact) mass is 234 g/mol. The predicted octanol–water partition coefficient (Wildman–Crippen LogP) is 3.24. The van der Waals surface area contributed by atoms with Gasteiger partial charge in [-0.3, -0.25) is 5.41 Å². The lowest BCUT2D eigenvalue weighted by Gasteiger charge is -2.28. The Balaban J connectivity index is 1.79. The Bertz CT molecular complexity index is 331. The van der Waals surface area contributed by atoms with E-state index in [1.807, 2.05) is 18.2 Å². The fourth-order valence-corrected chi connectivity index (χ4v) is 2.76. The second-order valence-electron chi connectivity index (χ2n) is 4.10. The van der Waals surface area contributed by atoms with Gasteiger partial charge in [-0.15, -0.1) is 11.8 Å². The van der Waals surface area contributed by atoms with Crippen molar-refractivity contribution in [3.8, 4) is 0 Å². The topological polar surface area (TPSA) is 27.1 Å². The van der Waals surface area contributed by atoms with E-state index < -0.39 is 0 Å². The number of likely N-dealkylation sites (tertiary alicyclic amines) is 1. The summed E-state index contributed by atoms with van der Waals surface area (Å²) in [5.41, 5.74) is 0. The van der Waals surface area contributed by atoms with Crippen molar-refractivity contribution in [2.45, 2.75) is 24.2 Å². The van der Waals surface area contributed by atoms with Gasteiger partial charge in [0.1, 0.15) is 5.84 Å². The standard InChI is InChI=1S/C13H18N2S/c14-13(15-9-5-2-6-10-15)11-16-12-7-3-1-4-8-12/h1,3-4,7-8,14H,2,5-6,9-11H2. The fourth-order valence-electron chi connectivity index (χ4n) is 1.92. The van der Waals surface area contributed by atoms with E-state index in [1.54, 1.807) is 11.8 Å². The normalized spacial score (nSPS) is 16.1. The average molecular weight is 234 g/mol. The zero-order chi connectivity index (χ0) is 11.2. The molecule has 0 radical (unpaired) electrons. The highest BCUT2D eigenvalue weighted by Gasteiger charge is 2.13. The summed E-state index contributed by atoms with van der Waals surface area (Å²) < 4.78 is 0. The summed E-state index contributed by atoms with van der Waals surface area (Å²) in [6.45, 7) is 2.16. The quantitative estimate of drug-likeness (QED) is 0.494. The van der Waals surface area contributed by atoms with Gasteiger partial charge >= 0.3 is 0 Å². The molecule has 16 heavy (non-hydrogen) atoms. The summed E-state index contributed by atoms with van der Waals surface area (Å²) in [6.07, 6.45) is 3.83. The summed E-state index contributed by atoms with van der Waals surface area (Å²) in [4.78, 5) is 3.48. The van der Waals surface area contributed by atoms with E-state index in [0.29, 0.717) is 0 Å². The first-order valence-corrected chi connectivity index (χ1v) is 6.85. The van der Waals surface area contributed by atoms with Crippen LogP contribution in [0.25, 0.3) is 0 Å². The molecule has 2 rings (SSSR count). The molecule has 0 aliphatic carbocycles. The van der Waals surface area contributed by atoms with Gasteiger partial charge in [-0.25, -0.2) is 0 Å². The first-order valence-electron chi connectivity index (χ1n) is 5.86. The van der Waals surface area contributed by atoms with Gasteiger partial charge in [0.25, 0.3) is 0 Å². The number of thioether (sulfide) groups is 1. The number of nitrogens with one attached hydrogen (secondary N) is 1. The van der Waals surface area contributed by atoms with Crippen molar-refractivity contribution in [2.24, 2.45) is 0 Å². The molecular formula is C13H18N2S. The summed E-state index contributed by atoms with van der Waals surface area (Å²) in [7, 11) is 0. The van der Waals surface area contributed by atoms with E-state index in [1.165, 1.54) is 24.2 Å². The van der Waals surface area contributed by atoms with Crippen molar-refractivity contribution >= 4 is 17.6 Å². The zero-order valence-corrected chi connectivity index (χ0v) is 10.3. The Labute approximate surface area is 102 Å². The number of hydrogen-bond acceptors (Lipinski definition) is 2. The SMILES string of the molecule is N=C(CSc1ccccc1)N1CCCCC1. The van der Waals surface area contributed by atoms with Crippen molar-refractivity contribution in [3.63, 3.8) is 0 Å². The second-order valence-corrected chi connectivity index (χ2v) is 5.14. The Morgan fingerprint density at radius 2 is 1.81 bits per heavy atom. The zero-order valence-electron chi connectivity index (χ0n) is 9.48. The van der Waals surface area contributed by atoms with Gasteiger partial charge in [0.05, 0.1) is 5.75 Å². The smallest absolute Gasteiger partial charge is 0.106 e. The molecule has 1 saturated heterocycles. The molecule has 1 heterocycles. The molecule has 1 aliphatic heterocycles. The molecule has 86 valence electrons. The Hall–Kier alpha value is -0.960. The third-order valence-electron chi connectivity index (χ3n) is 2.86. The molecule has 1 fully saturated rings. The average Bonchev–Trinajstić information content (AvgIpc) is 2.38. The molecule has 0 spiro atoms. The van der Waals surface area contributed by atoms with Crippen LogP contribution in [0.4, 0.5) is 0 Å². The molecule has 0 aromatic heterocycles. The predicted molar refractivity (Wildman–Crippen MR) is 70.3 cm³/mol. The molecule has 0 atom stereocenters. The minimum Gasteiger partial charge on any atom is -0.360 e. The van der Waals surface area contributed by atoms with E-state index in [9.17, 15) is 0 Å². The third-order valence-corrected chi connectivity index (χ3v) is 3.88. The molecule has 0 unspecified atom stereocenters. The van der Waals surface area contributed by atoms with Crippen LogP contribution in [0.3, 0.4) is 0 Å². The number of piperidine rings is 1. The molecule has 0 saturated carbocycles. The number of hydrogen-bond donors (Lipinski definition) is 1. The summed E-state index contributed by atoms with van der Waals surface area (Å²) in [6, 6.07) is 10.3.